The van der Waals surface area contributed by atoms with Gasteiger partial charge in [0, 0.05) is 30.4 Å². The van der Waals surface area contributed by atoms with Crippen LogP contribution in [0.4, 0.5) is 5.69 Å². The van der Waals surface area contributed by atoms with Crippen LogP contribution in [-0.4, -0.2) is 266 Å². The first kappa shape index (κ1) is 59.4. The first-order valence-corrected chi connectivity index (χ1v) is 25.6. The summed E-state index contributed by atoms with van der Waals surface area (Å²) in [4.78, 5) is 57.0. The molecule has 0 unspecified atom stereocenters. The molecule has 5 fully saturated rings. The molecule has 1 aromatic heterocycles. The van der Waals surface area contributed by atoms with E-state index in [-0.39, 0.29) is 39.0 Å². The van der Waals surface area contributed by atoms with Crippen LogP contribution in [0.5, 0.6) is 0 Å². The molecule has 31 nitrogen and oxygen atoms in total. The summed E-state index contributed by atoms with van der Waals surface area (Å²) < 4.78 is 46.5. The molecule has 3 amide bonds. The summed E-state index contributed by atoms with van der Waals surface area (Å²) in [6.45, 7) is -3.11. The third-order valence-electron chi connectivity index (χ3n) is 14.5. The molecular formula is C49H63N5O26. The van der Waals surface area contributed by atoms with Gasteiger partial charge in [0.1, 0.15) is 103 Å². The minimum absolute atomic E-state index is 0.0302. The summed E-state index contributed by atoms with van der Waals surface area (Å²) in [6, 6.07) is 14.0. The highest BCUT2D eigenvalue weighted by molar-refractivity contribution is 6.03. The summed E-state index contributed by atoms with van der Waals surface area (Å²) >= 11 is 0. The van der Waals surface area contributed by atoms with Crippen molar-refractivity contribution in [2.75, 3.05) is 37.9 Å². The Hall–Kier alpha value is -5.18. The van der Waals surface area contributed by atoms with E-state index in [0.29, 0.717) is 38.8 Å². The molecule has 5 saturated heterocycles. The molecule has 7 heterocycles. The molecule has 440 valence electrons. The highest BCUT2D eigenvalue weighted by Crippen LogP contribution is 2.41. The summed E-state index contributed by atoms with van der Waals surface area (Å²) in [7, 11) is 0. The number of rotatable bonds is 18. The van der Waals surface area contributed by atoms with Gasteiger partial charge >= 0.3 is 5.97 Å². The van der Waals surface area contributed by atoms with Crippen LogP contribution >= 0.6 is 0 Å². The number of nitrogens with zero attached hydrogens (tertiary/aromatic N) is 5. The lowest BCUT2D eigenvalue weighted by Gasteiger charge is -2.44. The molecule has 31 heteroatoms. The largest absolute Gasteiger partial charge is 0.394 e. The van der Waals surface area contributed by atoms with Crippen molar-refractivity contribution < 1.29 is 128 Å². The van der Waals surface area contributed by atoms with E-state index in [9.17, 15) is 85.6 Å². The predicted octanol–water partition coefficient (Wildman–Crippen LogP) is -6.86. The lowest BCUT2D eigenvalue weighted by Crippen LogP contribution is -2.63. The van der Waals surface area contributed by atoms with Crippen LogP contribution in [0.2, 0.25) is 0 Å². The topological polar surface area (TPSA) is 452 Å². The molecule has 9 rings (SSSR count). The van der Waals surface area contributed by atoms with Crippen LogP contribution < -0.4 is 4.90 Å². The fraction of sp³-hybridized carbons (Fsp3) is 0.633. The Morgan fingerprint density at radius 2 is 1.00 bits per heavy atom. The Morgan fingerprint density at radius 1 is 0.550 bits per heavy atom. The van der Waals surface area contributed by atoms with Crippen molar-refractivity contribution >= 4 is 29.4 Å². The fourth-order valence-electron chi connectivity index (χ4n) is 9.95. The highest BCUT2D eigenvalue weighted by atomic mass is 16.8. The van der Waals surface area contributed by atoms with Gasteiger partial charge in [-0.25, -0.2) is 9.48 Å². The normalized spacial score (nSPS) is 36.4. The van der Waals surface area contributed by atoms with Crippen LogP contribution in [0.1, 0.15) is 31.2 Å². The Balaban J connectivity index is 0.807. The smallest absolute Gasteiger partial charge is 0.333 e. The number of para-hydroxylation sites is 1. The van der Waals surface area contributed by atoms with Crippen molar-refractivity contribution in [1.29, 1.82) is 0 Å². The maximum atomic E-state index is 13.9. The quantitative estimate of drug-likeness (QED) is 0.0527. The van der Waals surface area contributed by atoms with Crippen LogP contribution in [0.3, 0.4) is 0 Å². The minimum atomic E-state index is -1.96. The SMILES string of the molecule is O=C(CCC(=O)N1Cc2ccccc2-c2c(nnn2CCO[C@@H]2O[C@H](CO[C@@H]3O[C@H](CO[C@@H]4O[C@H](CO[C@@H]5O[C@H](CO)[C@@H](O)[C@H](O)[C@H]5O)[C@@H](O)[C@H](O)[C@H]4O)[C@@H](O)[C@H](O)[C@H]3O)[C@@H](O)[C@H](O)[C@H]2O)-c2ccccc21)ON1C(=O)CCC1=O. The van der Waals surface area contributed by atoms with Gasteiger partial charge in [-0.3, -0.25) is 14.4 Å². The van der Waals surface area contributed by atoms with E-state index >= 15 is 0 Å². The summed E-state index contributed by atoms with van der Waals surface area (Å²) in [5.41, 5.74) is 3.09. The molecule has 0 aliphatic carbocycles. The van der Waals surface area contributed by atoms with Crippen molar-refractivity contribution in [3.63, 3.8) is 0 Å². The van der Waals surface area contributed by atoms with E-state index in [4.69, 9.17) is 42.7 Å². The van der Waals surface area contributed by atoms with Crippen molar-refractivity contribution in [3.05, 3.63) is 54.1 Å². The summed E-state index contributed by atoms with van der Waals surface area (Å²) in [6.07, 6.45) is -35.9. The van der Waals surface area contributed by atoms with Gasteiger partial charge in [-0.1, -0.05) is 47.7 Å². The number of aliphatic hydroxyl groups excluding tert-OH is 13. The number of ether oxygens (including phenoxy) is 8. The maximum Gasteiger partial charge on any atom is 0.333 e. The average Bonchev–Trinajstić information content (AvgIpc) is 4.06. The number of hydroxylamine groups is 2. The Morgan fingerprint density at radius 3 is 1.51 bits per heavy atom. The van der Waals surface area contributed by atoms with Gasteiger partial charge in [-0.2, -0.15) is 0 Å². The van der Waals surface area contributed by atoms with Gasteiger partial charge in [0.15, 0.2) is 25.2 Å². The molecule has 0 radical (unpaired) electrons. The highest BCUT2D eigenvalue weighted by Gasteiger charge is 2.51. The van der Waals surface area contributed by atoms with Crippen molar-refractivity contribution in [2.45, 2.75) is 162 Å². The van der Waals surface area contributed by atoms with Gasteiger partial charge in [-0.15, -0.1) is 10.2 Å². The molecule has 6 aliphatic rings. The second-order valence-corrected chi connectivity index (χ2v) is 19.8. The van der Waals surface area contributed by atoms with E-state index in [1.165, 1.54) is 9.58 Å². The molecule has 13 N–H and O–H groups in total. The van der Waals surface area contributed by atoms with Gasteiger partial charge in [0.05, 0.1) is 63.9 Å². The number of hydrogen-bond acceptors (Lipinski definition) is 28. The maximum absolute atomic E-state index is 13.9. The molecule has 3 aromatic rings. The third-order valence-corrected chi connectivity index (χ3v) is 14.5. The minimum Gasteiger partial charge on any atom is -0.394 e. The number of aliphatic hydroxyl groups is 13. The van der Waals surface area contributed by atoms with Crippen LogP contribution in [-0.2, 0) is 75.0 Å². The average molecular weight is 1140 g/mol. The molecule has 2 aromatic carbocycles. The number of aromatic nitrogens is 3. The van der Waals surface area contributed by atoms with Crippen LogP contribution in [0.25, 0.3) is 22.5 Å². The summed E-state index contributed by atoms with van der Waals surface area (Å²) in [5, 5.41) is 146. The first-order valence-electron chi connectivity index (χ1n) is 25.6. The lowest BCUT2D eigenvalue weighted by molar-refractivity contribution is -0.347. The van der Waals surface area contributed by atoms with Crippen LogP contribution in [0, 0.1) is 0 Å². The molecule has 0 bridgehead atoms. The van der Waals surface area contributed by atoms with Crippen molar-refractivity contribution in [1.82, 2.24) is 20.1 Å². The number of carbonyl (C=O) groups excluding carboxylic acids is 4. The monoisotopic (exact) mass is 1140 g/mol. The summed E-state index contributed by atoms with van der Waals surface area (Å²) in [5.74, 6) is -2.71. The number of amides is 3. The van der Waals surface area contributed by atoms with E-state index in [0.717, 1.165) is 0 Å². The second-order valence-electron chi connectivity index (χ2n) is 19.8. The standard InChI is InChI=1S/C49H63N5O26/c55-16-24-34(60)38(64)43(69)47(76-24)73-18-26-36(62)40(66)45(71)49(78-26)75-19-27-37(63)41(67)44(70)48(79-27)74-17-25-35(61)39(65)42(68)46(77-25)72-14-13-53-33-21-6-2-1-5-20(21)15-52(23-8-4-3-7-22(23)32(33)50-51-53)28(56)11-12-31(59)80-54-29(57)9-10-30(54)58/h1-8,24-27,34-49,55,60-71H,9-19H2/t24-,25-,26-,27-,34-,35-,36-,37-,38+,39+,40+,41+,42-,43-,44-,45-,46-,47-,48-,49-/m1/s1. The number of anilines is 1. The van der Waals surface area contributed by atoms with E-state index in [1.807, 2.05) is 0 Å². The molecule has 80 heavy (non-hydrogen) atoms. The van der Waals surface area contributed by atoms with Gasteiger partial charge in [-0.05, 0) is 11.6 Å². The number of hydrogen-bond donors (Lipinski definition) is 13. The van der Waals surface area contributed by atoms with Gasteiger partial charge in [0.25, 0.3) is 11.8 Å². The van der Waals surface area contributed by atoms with Crippen molar-refractivity contribution in [2.24, 2.45) is 0 Å². The Kier molecular flexibility index (Phi) is 19.0. The molecular weight excluding hydrogens is 1070 g/mol. The molecule has 0 saturated carbocycles. The van der Waals surface area contributed by atoms with Crippen LogP contribution in [0.15, 0.2) is 48.5 Å². The number of benzene rings is 2. The van der Waals surface area contributed by atoms with Crippen molar-refractivity contribution in [3.8, 4) is 22.5 Å². The Labute approximate surface area is 453 Å². The van der Waals surface area contributed by atoms with Gasteiger partial charge in [0.2, 0.25) is 5.91 Å². The zero-order chi connectivity index (χ0) is 57.3. The fourth-order valence-corrected chi connectivity index (χ4v) is 9.95. The van der Waals surface area contributed by atoms with Gasteiger partial charge < -0.3 is 114 Å². The van der Waals surface area contributed by atoms with E-state index in [2.05, 4.69) is 10.3 Å². The second kappa shape index (κ2) is 25.5. The Bertz CT molecular complexity index is 2630. The zero-order valence-electron chi connectivity index (χ0n) is 42.3. The lowest BCUT2D eigenvalue weighted by atomic mass is 9.95. The van der Waals surface area contributed by atoms with E-state index < -0.39 is 179 Å². The van der Waals surface area contributed by atoms with E-state index in [1.54, 1.807) is 48.5 Å². The molecule has 0 spiro atoms. The molecule has 6 aliphatic heterocycles. The predicted molar refractivity (Wildman–Crippen MR) is 256 cm³/mol. The number of carbonyl (C=O) groups is 4. The number of fused-ring (bicyclic) bond motifs is 5. The zero-order valence-corrected chi connectivity index (χ0v) is 42.3. The first-order chi connectivity index (χ1) is 38.3. The third kappa shape index (κ3) is 12.3. The molecule has 20 atom stereocenters. The number of imide groups is 1.